The molecule has 0 spiro atoms. The van der Waals surface area contributed by atoms with E-state index in [1.165, 1.54) is 0 Å². The van der Waals surface area contributed by atoms with Crippen LogP contribution in [0.4, 0.5) is 10.1 Å². The average molecular weight is 211 g/mol. The summed E-state index contributed by atoms with van der Waals surface area (Å²) in [5.41, 5.74) is 0.883. The summed E-state index contributed by atoms with van der Waals surface area (Å²) in [7, 11) is 1.62. The molecule has 0 radical (unpaired) electrons. The molecule has 1 saturated heterocycles. The molecular weight excluding hydrogens is 197 g/mol. The lowest BCUT2D eigenvalue weighted by molar-refractivity contribution is 0.00461. The Morgan fingerprint density at radius 1 is 1.40 bits per heavy atom. The first kappa shape index (κ1) is 10.2. The summed E-state index contributed by atoms with van der Waals surface area (Å²) in [6, 6.07) is 7.17. The fourth-order valence-electron chi connectivity index (χ4n) is 1.59. The summed E-state index contributed by atoms with van der Waals surface area (Å²) in [6.45, 7) is 0.481. The summed E-state index contributed by atoms with van der Waals surface area (Å²) in [5.74, 6) is 0.792. The predicted molar refractivity (Wildman–Crippen MR) is 55.9 cm³/mol. The van der Waals surface area contributed by atoms with E-state index in [2.05, 4.69) is 5.32 Å². The number of halogens is 1. The van der Waals surface area contributed by atoms with E-state index in [9.17, 15) is 4.39 Å². The third-order valence-electron chi connectivity index (χ3n) is 2.46. The summed E-state index contributed by atoms with van der Waals surface area (Å²) in [6.07, 6.45) is -0.500. The van der Waals surface area contributed by atoms with E-state index >= 15 is 0 Å². The molecule has 0 amide bonds. The number of hydrogen-bond acceptors (Lipinski definition) is 3. The van der Waals surface area contributed by atoms with E-state index in [4.69, 9.17) is 9.47 Å². The monoisotopic (exact) mass is 211 g/mol. The van der Waals surface area contributed by atoms with Gasteiger partial charge in [-0.2, -0.15) is 0 Å². The highest BCUT2D eigenvalue weighted by atomic mass is 19.1. The van der Waals surface area contributed by atoms with E-state index in [1.807, 2.05) is 24.3 Å². The first-order chi connectivity index (χ1) is 7.29. The molecule has 1 aliphatic heterocycles. The van der Waals surface area contributed by atoms with E-state index in [-0.39, 0.29) is 6.04 Å². The highest BCUT2D eigenvalue weighted by molar-refractivity contribution is 5.47. The maximum Gasteiger partial charge on any atom is 0.219 e. The SMILES string of the molecule is COc1ccc(NC2CCOC2F)cc1. The third kappa shape index (κ3) is 2.39. The number of ether oxygens (including phenoxy) is 2. The van der Waals surface area contributed by atoms with Crippen LogP contribution < -0.4 is 10.1 Å². The molecule has 2 rings (SSSR count). The summed E-state index contributed by atoms with van der Waals surface area (Å²) < 4.78 is 23.0. The van der Waals surface area contributed by atoms with Crippen LogP contribution in [0.1, 0.15) is 6.42 Å². The van der Waals surface area contributed by atoms with Crippen LogP contribution in [0.5, 0.6) is 5.75 Å². The van der Waals surface area contributed by atoms with Crippen molar-refractivity contribution in [3.63, 3.8) is 0 Å². The van der Waals surface area contributed by atoms with Crippen LogP contribution in [0.15, 0.2) is 24.3 Å². The Balaban J connectivity index is 1.98. The fraction of sp³-hybridized carbons (Fsp3) is 0.455. The first-order valence-electron chi connectivity index (χ1n) is 4.96. The number of nitrogens with one attached hydrogen (secondary N) is 1. The minimum atomic E-state index is -1.20. The molecule has 3 nitrogen and oxygen atoms in total. The Bertz CT molecular complexity index is 315. The molecule has 0 saturated carbocycles. The molecule has 1 aromatic carbocycles. The Kier molecular flexibility index (Phi) is 3.06. The zero-order valence-electron chi connectivity index (χ0n) is 8.57. The number of hydrogen-bond donors (Lipinski definition) is 1. The fourth-order valence-corrected chi connectivity index (χ4v) is 1.59. The van der Waals surface area contributed by atoms with Gasteiger partial charge < -0.3 is 14.8 Å². The van der Waals surface area contributed by atoms with Crippen LogP contribution in [-0.2, 0) is 4.74 Å². The number of alkyl halides is 1. The number of benzene rings is 1. The molecule has 1 fully saturated rings. The van der Waals surface area contributed by atoms with Crippen LogP contribution in [0, 0.1) is 0 Å². The molecule has 15 heavy (non-hydrogen) atoms. The van der Waals surface area contributed by atoms with Crippen molar-refractivity contribution < 1.29 is 13.9 Å². The van der Waals surface area contributed by atoms with Gasteiger partial charge in [0, 0.05) is 5.69 Å². The van der Waals surface area contributed by atoms with Crippen molar-refractivity contribution in [1.82, 2.24) is 0 Å². The van der Waals surface area contributed by atoms with E-state index in [0.29, 0.717) is 13.0 Å². The molecule has 2 atom stereocenters. The highest BCUT2D eigenvalue weighted by Gasteiger charge is 2.27. The number of rotatable bonds is 3. The maximum atomic E-state index is 13.1. The minimum absolute atomic E-state index is 0.238. The molecule has 0 aliphatic carbocycles. The van der Waals surface area contributed by atoms with Crippen LogP contribution in [0.2, 0.25) is 0 Å². The zero-order chi connectivity index (χ0) is 10.7. The Hall–Kier alpha value is -1.29. The molecule has 2 unspecified atom stereocenters. The van der Waals surface area contributed by atoms with Crippen LogP contribution in [0.25, 0.3) is 0 Å². The van der Waals surface area contributed by atoms with Crippen molar-refractivity contribution in [2.24, 2.45) is 0 Å². The molecule has 1 aliphatic rings. The topological polar surface area (TPSA) is 30.5 Å². The van der Waals surface area contributed by atoms with Gasteiger partial charge in [-0.25, -0.2) is 4.39 Å². The van der Waals surface area contributed by atoms with E-state index in [1.54, 1.807) is 7.11 Å². The van der Waals surface area contributed by atoms with Gasteiger partial charge in [0.05, 0.1) is 19.8 Å². The molecule has 0 aromatic heterocycles. The van der Waals surface area contributed by atoms with Gasteiger partial charge in [0.2, 0.25) is 6.36 Å². The summed E-state index contributed by atoms with van der Waals surface area (Å²) >= 11 is 0. The largest absolute Gasteiger partial charge is 0.497 e. The van der Waals surface area contributed by atoms with E-state index < -0.39 is 6.36 Å². The highest BCUT2D eigenvalue weighted by Crippen LogP contribution is 2.21. The van der Waals surface area contributed by atoms with Crippen LogP contribution in [-0.4, -0.2) is 26.1 Å². The van der Waals surface area contributed by atoms with Gasteiger partial charge in [0.1, 0.15) is 5.75 Å². The summed E-state index contributed by atoms with van der Waals surface area (Å²) in [4.78, 5) is 0. The number of anilines is 1. The lowest BCUT2D eigenvalue weighted by atomic mass is 10.2. The van der Waals surface area contributed by atoms with Crippen molar-refractivity contribution in [2.45, 2.75) is 18.8 Å². The lowest BCUT2D eigenvalue weighted by Gasteiger charge is -2.14. The van der Waals surface area contributed by atoms with Crippen molar-refractivity contribution in [3.8, 4) is 5.75 Å². The second kappa shape index (κ2) is 4.49. The van der Waals surface area contributed by atoms with Gasteiger partial charge in [-0.05, 0) is 30.7 Å². The molecule has 1 N–H and O–H groups in total. The Morgan fingerprint density at radius 2 is 2.13 bits per heavy atom. The van der Waals surface area contributed by atoms with Crippen molar-refractivity contribution in [1.29, 1.82) is 0 Å². The van der Waals surface area contributed by atoms with Gasteiger partial charge in [-0.1, -0.05) is 0 Å². The van der Waals surface area contributed by atoms with E-state index in [0.717, 1.165) is 11.4 Å². The van der Waals surface area contributed by atoms with Crippen molar-refractivity contribution in [3.05, 3.63) is 24.3 Å². The number of methoxy groups -OCH3 is 1. The second-order valence-corrected chi connectivity index (χ2v) is 3.49. The minimum Gasteiger partial charge on any atom is -0.497 e. The first-order valence-corrected chi connectivity index (χ1v) is 4.96. The zero-order valence-corrected chi connectivity index (χ0v) is 8.57. The molecule has 1 heterocycles. The standard InChI is InChI=1S/C11H14FNO2/c1-14-9-4-2-8(3-5-9)13-10-6-7-15-11(10)12/h2-5,10-11,13H,6-7H2,1H3. The summed E-state index contributed by atoms with van der Waals surface area (Å²) in [5, 5.41) is 3.09. The molecule has 0 bridgehead atoms. The molecule has 1 aromatic rings. The lowest BCUT2D eigenvalue weighted by Crippen LogP contribution is -2.25. The van der Waals surface area contributed by atoms with Gasteiger partial charge in [0.25, 0.3) is 0 Å². The molecular formula is C11H14FNO2. The van der Waals surface area contributed by atoms with Crippen LogP contribution >= 0.6 is 0 Å². The smallest absolute Gasteiger partial charge is 0.219 e. The van der Waals surface area contributed by atoms with Crippen LogP contribution in [0.3, 0.4) is 0 Å². The molecule has 4 heteroatoms. The second-order valence-electron chi connectivity index (χ2n) is 3.49. The van der Waals surface area contributed by atoms with Gasteiger partial charge in [0.15, 0.2) is 0 Å². The Morgan fingerprint density at radius 3 is 2.67 bits per heavy atom. The molecule has 82 valence electrons. The quantitative estimate of drug-likeness (QED) is 0.831. The van der Waals surface area contributed by atoms with Gasteiger partial charge in [-0.3, -0.25) is 0 Å². The predicted octanol–water partition coefficient (Wildman–Crippen LogP) is 2.19. The average Bonchev–Trinajstić information content (AvgIpc) is 2.66. The normalized spacial score (nSPS) is 25.2. The van der Waals surface area contributed by atoms with Crippen molar-refractivity contribution >= 4 is 5.69 Å². The maximum absolute atomic E-state index is 13.1. The Labute approximate surface area is 88.2 Å². The van der Waals surface area contributed by atoms with Gasteiger partial charge in [-0.15, -0.1) is 0 Å². The van der Waals surface area contributed by atoms with Gasteiger partial charge >= 0.3 is 0 Å². The van der Waals surface area contributed by atoms with Crippen molar-refractivity contribution in [2.75, 3.05) is 19.0 Å². The third-order valence-corrected chi connectivity index (χ3v) is 2.46.